The summed E-state index contributed by atoms with van der Waals surface area (Å²) in [5.74, 6) is 1.72. The Morgan fingerprint density at radius 2 is 1.85 bits per heavy atom. The highest BCUT2D eigenvalue weighted by molar-refractivity contribution is 5.50. The van der Waals surface area contributed by atoms with Crippen molar-refractivity contribution in [2.75, 3.05) is 44.3 Å². The first-order chi connectivity index (χ1) is 12.8. The third kappa shape index (κ3) is 3.11. The molecule has 5 nitrogen and oxygen atoms in total. The van der Waals surface area contributed by atoms with Crippen LogP contribution in [0.4, 0.5) is 10.2 Å². The van der Waals surface area contributed by atoms with E-state index in [0.29, 0.717) is 5.92 Å². The van der Waals surface area contributed by atoms with Gasteiger partial charge in [0, 0.05) is 56.9 Å². The number of halogens is 1. The molecule has 6 heteroatoms. The normalized spacial score (nSPS) is 26.4. The van der Waals surface area contributed by atoms with E-state index in [1.165, 1.54) is 37.7 Å². The van der Waals surface area contributed by atoms with Gasteiger partial charge in [0.1, 0.15) is 18.8 Å². The van der Waals surface area contributed by atoms with Gasteiger partial charge in [0.2, 0.25) is 0 Å². The zero-order valence-electron chi connectivity index (χ0n) is 15.6. The lowest BCUT2D eigenvalue weighted by atomic mass is 9.91. The van der Waals surface area contributed by atoms with Gasteiger partial charge in [-0.25, -0.2) is 14.4 Å². The molecule has 0 aromatic carbocycles. The molecule has 1 aromatic rings. The smallest absolute Gasteiger partial charge is 0.135 e. The zero-order valence-corrected chi connectivity index (χ0v) is 15.6. The number of alkyl halides is 1. The highest BCUT2D eigenvalue weighted by Gasteiger charge is 2.37. The van der Waals surface area contributed by atoms with Crippen LogP contribution in [-0.4, -0.2) is 71.2 Å². The molecule has 5 rings (SSSR count). The fourth-order valence-corrected chi connectivity index (χ4v) is 4.97. The Hall–Kier alpha value is -1.27. The number of anilines is 1. The maximum Gasteiger partial charge on any atom is 0.135 e. The first-order valence-electron chi connectivity index (χ1n) is 10.4. The van der Waals surface area contributed by atoms with Crippen molar-refractivity contribution in [1.82, 2.24) is 19.8 Å². The lowest BCUT2D eigenvalue weighted by Crippen LogP contribution is -2.52. The van der Waals surface area contributed by atoms with Crippen molar-refractivity contribution in [3.05, 3.63) is 17.6 Å². The van der Waals surface area contributed by atoms with Gasteiger partial charge in [0.25, 0.3) is 0 Å². The topological polar surface area (TPSA) is 35.5 Å². The molecule has 0 spiro atoms. The minimum Gasteiger partial charge on any atom is -0.354 e. The highest BCUT2D eigenvalue weighted by Crippen LogP contribution is 2.38. The number of hydrogen-bond donors (Lipinski definition) is 0. The van der Waals surface area contributed by atoms with Crippen LogP contribution in [0.3, 0.4) is 0 Å². The van der Waals surface area contributed by atoms with Crippen LogP contribution >= 0.6 is 0 Å². The fourth-order valence-electron chi connectivity index (χ4n) is 4.97. The van der Waals surface area contributed by atoms with E-state index in [-0.39, 0.29) is 12.7 Å². The molecule has 0 amide bonds. The molecule has 142 valence electrons. The van der Waals surface area contributed by atoms with Crippen molar-refractivity contribution in [3.63, 3.8) is 0 Å². The van der Waals surface area contributed by atoms with Crippen molar-refractivity contribution in [1.29, 1.82) is 0 Å². The number of aromatic nitrogens is 2. The Bertz CT molecular complexity index is 637. The van der Waals surface area contributed by atoms with E-state index in [2.05, 4.69) is 24.7 Å². The molecule has 0 radical (unpaired) electrons. The standard InChI is InChI=1S/C20H30FN5/c21-12-19(15-4-5-15)26-7-6-17-18(13-26)22-14-23-20(17)25-10-8-24(9-11-25)16-2-1-3-16/h14-16,19H,1-13H2. The summed E-state index contributed by atoms with van der Waals surface area (Å²) in [6.45, 7) is 5.96. The average Bonchev–Trinajstić information content (AvgIpc) is 3.46. The van der Waals surface area contributed by atoms with Gasteiger partial charge < -0.3 is 4.90 Å². The summed E-state index contributed by atoms with van der Waals surface area (Å²) in [4.78, 5) is 16.7. The molecule has 1 atom stereocenters. The van der Waals surface area contributed by atoms with E-state index < -0.39 is 0 Å². The van der Waals surface area contributed by atoms with Gasteiger partial charge in [0.15, 0.2) is 0 Å². The summed E-state index contributed by atoms with van der Waals surface area (Å²) in [5, 5.41) is 0. The molecule has 1 aromatic heterocycles. The Morgan fingerprint density at radius 1 is 1.04 bits per heavy atom. The number of rotatable bonds is 5. The third-order valence-corrected chi connectivity index (χ3v) is 7.01. The Balaban J connectivity index is 1.28. The van der Waals surface area contributed by atoms with Crippen molar-refractivity contribution in [2.45, 2.75) is 57.2 Å². The Morgan fingerprint density at radius 3 is 2.50 bits per heavy atom. The van der Waals surface area contributed by atoms with Crippen LogP contribution in [0.2, 0.25) is 0 Å². The van der Waals surface area contributed by atoms with Gasteiger partial charge in [-0.2, -0.15) is 0 Å². The third-order valence-electron chi connectivity index (χ3n) is 7.01. The maximum atomic E-state index is 13.5. The molecule has 3 heterocycles. The molecule has 3 fully saturated rings. The SMILES string of the molecule is FCC(C1CC1)N1CCc2c(ncnc2N2CCN(C3CCC3)CC2)C1. The summed E-state index contributed by atoms with van der Waals surface area (Å²) in [6, 6.07) is 0.942. The van der Waals surface area contributed by atoms with E-state index in [1.54, 1.807) is 6.33 Å². The second kappa shape index (κ2) is 7.04. The summed E-state index contributed by atoms with van der Waals surface area (Å²) >= 11 is 0. The van der Waals surface area contributed by atoms with E-state index in [1.807, 2.05) is 0 Å². The van der Waals surface area contributed by atoms with Crippen LogP contribution < -0.4 is 4.90 Å². The first kappa shape index (κ1) is 16.9. The summed E-state index contributed by atoms with van der Waals surface area (Å²) in [7, 11) is 0. The van der Waals surface area contributed by atoms with Gasteiger partial charge in [-0.1, -0.05) is 6.42 Å². The molecule has 4 aliphatic rings. The number of hydrogen-bond acceptors (Lipinski definition) is 5. The largest absolute Gasteiger partial charge is 0.354 e. The molecule has 2 saturated carbocycles. The van der Waals surface area contributed by atoms with Crippen LogP contribution in [0.1, 0.15) is 43.4 Å². The van der Waals surface area contributed by atoms with Crippen molar-refractivity contribution in [2.24, 2.45) is 5.92 Å². The van der Waals surface area contributed by atoms with Crippen LogP contribution in [0, 0.1) is 5.92 Å². The highest BCUT2D eigenvalue weighted by atomic mass is 19.1. The summed E-state index contributed by atoms with van der Waals surface area (Å²) in [6.07, 6.45) is 9.23. The van der Waals surface area contributed by atoms with Crippen LogP contribution in [0.25, 0.3) is 0 Å². The van der Waals surface area contributed by atoms with Crippen molar-refractivity contribution < 1.29 is 4.39 Å². The maximum absolute atomic E-state index is 13.5. The quantitative estimate of drug-likeness (QED) is 0.806. The van der Waals surface area contributed by atoms with Crippen molar-refractivity contribution >= 4 is 5.82 Å². The second-order valence-corrected chi connectivity index (χ2v) is 8.51. The molecule has 26 heavy (non-hydrogen) atoms. The average molecular weight is 359 g/mol. The molecular formula is C20H30FN5. The molecule has 0 N–H and O–H groups in total. The number of piperazine rings is 1. The molecule has 2 aliphatic carbocycles. The van der Waals surface area contributed by atoms with E-state index in [4.69, 9.17) is 0 Å². The van der Waals surface area contributed by atoms with Gasteiger partial charge in [-0.05, 0) is 38.0 Å². The fraction of sp³-hybridized carbons (Fsp3) is 0.800. The predicted octanol–water partition coefficient (Wildman–Crippen LogP) is 2.26. The number of nitrogens with zero attached hydrogens (tertiary/aromatic N) is 5. The lowest BCUT2D eigenvalue weighted by molar-refractivity contribution is 0.119. The predicted molar refractivity (Wildman–Crippen MR) is 100 cm³/mol. The van der Waals surface area contributed by atoms with Crippen LogP contribution in [-0.2, 0) is 13.0 Å². The van der Waals surface area contributed by atoms with Gasteiger partial charge in [-0.15, -0.1) is 0 Å². The lowest BCUT2D eigenvalue weighted by Gasteiger charge is -2.44. The van der Waals surface area contributed by atoms with E-state index in [0.717, 1.165) is 63.2 Å². The molecule has 2 aliphatic heterocycles. The van der Waals surface area contributed by atoms with Gasteiger partial charge in [0.05, 0.1) is 5.69 Å². The molecular weight excluding hydrogens is 329 g/mol. The molecule has 1 unspecified atom stereocenters. The molecule has 0 bridgehead atoms. The van der Waals surface area contributed by atoms with E-state index >= 15 is 0 Å². The van der Waals surface area contributed by atoms with Crippen LogP contribution in [0.15, 0.2) is 6.33 Å². The zero-order chi connectivity index (χ0) is 17.5. The summed E-state index contributed by atoms with van der Waals surface area (Å²) < 4.78 is 13.5. The first-order valence-corrected chi connectivity index (χ1v) is 10.4. The minimum absolute atomic E-state index is 0.104. The Labute approximate surface area is 155 Å². The van der Waals surface area contributed by atoms with Crippen LogP contribution in [0.5, 0.6) is 0 Å². The summed E-state index contributed by atoms with van der Waals surface area (Å²) in [5.41, 5.74) is 2.44. The van der Waals surface area contributed by atoms with Crippen molar-refractivity contribution in [3.8, 4) is 0 Å². The van der Waals surface area contributed by atoms with Gasteiger partial charge >= 0.3 is 0 Å². The van der Waals surface area contributed by atoms with E-state index in [9.17, 15) is 4.39 Å². The Kier molecular flexibility index (Phi) is 4.57. The second-order valence-electron chi connectivity index (χ2n) is 8.51. The minimum atomic E-state index is -0.221. The van der Waals surface area contributed by atoms with Gasteiger partial charge in [-0.3, -0.25) is 9.80 Å². The monoisotopic (exact) mass is 359 g/mol. The molecule has 1 saturated heterocycles. The number of fused-ring (bicyclic) bond motifs is 1.